The molecule has 2 amide bonds. The molecule has 0 spiro atoms. The molecule has 1 fully saturated rings. The zero-order valence-corrected chi connectivity index (χ0v) is 20.4. The molecule has 1 aliphatic carbocycles. The van der Waals surface area contributed by atoms with Crippen molar-refractivity contribution in [3.8, 4) is 11.4 Å². The molecular formula is C25H30FN7O3. The standard InChI is InChI=1S/C25H30FN7O3/c1-15-9-18(5-8-21(15)26)12-27-25(36)22-11-19(10-16(2)28-22)24-30-32-33(31-24)13-17-3-6-20(7-4-17)29-23(35)14-34/h5,8-11,17,20,34H,3-4,6-7,12-14H2,1-2H3,(H,27,36)(H,29,35). The Morgan fingerprint density at radius 1 is 1.14 bits per heavy atom. The first-order valence-electron chi connectivity index (χ1n) is 12.0. The van der Waals surface area contributed by atoms with Crippen molar-refractivity contribution < 1.29 is 19.1 Å². The molecule has 36 heavy (non-hydrogen) atoms. The topological polar surface area (TPSA) is 135 Å². The second-order valence-electron chi connectivity index (χ2n) is 9.26. The fourth-order valence-corrected chi connectivity index (χ4v) is 4.43. The van der Waals surface area contributed by atoms with Gasteiger partial charge in [0.15, 0.2) is 0 Å². The number of halogens is 1. The molecule has 0 radical (unpaired) electrons. The number of carbonyl (C=O) groups excluding carboxylic acids is 2. The van der Waals surface area contributed by atoms with Gasteiger partial charge in [0.2, 0.25) is 11.7 Å². The van der Waals surface area contributed by atoms with Crippen molar-refractivity contribution in [2.45, 2.75) is 58.7 Å². The molecule has 3 aromatic rings. The number of aliphatic hydroxyl groups is 1. The maximum absolute atomic E-state index is 13.5. The van der Waals surface area contributed by atoms with Gasteiger partial charge in [0.05, 0.1) is 6.54 Å². The zero-order chi connectivity index (χ0) is 25.7. The molecule has 0 saturated heterocycles. The van der Waals surface area contributed by atoms with Gasteiger partial charge in [-0.3, -0.25) is 9.59 Å². The third-order valence-electron chi connectivity index (χ3n) is 6.35. The largest absolute Gasteiger partial charge is 0.387 e. The number of rotatable bonds is 8. The summed E-state index contributed by atoms with van der Waals surface area (Å²) in [5.41, 5.74) is 2.85. The second-order valence-corrected chi connectivity index (χ2v) is 9.26. The van der Waals surface area contributed by atoms with Gasteiger partial charge in [0.1, 0.15) is 18.1 Å². The molecule has 0 bridgehead atoms. The van der Waals surface area contributed by atoms with Crippen molar-refractivity contribution in [2.75, 3.05) is 6.61 Å². The minimum absolute atomic E-state index is 0.0941. The number of aryl methyl sites for hydroxylation is 2. The number of tetrazole rings is 1. The Morgan fingerprint density at radius 2 is 1.92 bits per heavy atom. The summed E-state index contributed by atoms with van der Waals surface area (Å²) in [6.07, 6.45) is 3.52. The molecule has 1 saturated carbocycles. The molecule has 3 N–H and O–H groups in total. The molecule has 190 valence electrons. The van der Waals surface area contributed by atoms with Crippen LogP contribution in [0.2, 0.25) is 0 Å². The van der Waals surface area contributed by atoms with Crippen molar-refractivity contribution in [2.24, 2.45) is 5.92 Å². The number of benzene rings is 1. The van der Waals surface area contributed by atoms with E-state index < -0.39 is 6.61 Å². The van der Waals surface area contributed by atoms with Crippen LogP contribution in [0.15, 0.2) is 30.3 Å². The van der Waals surface area contributed by atoms with E-state index in [1.54, 1.807) is 42.9 Å². The quantitative estimate of drug-likeness (QED) is 0.435. The lowest BCUT2D eigenvalue weighted by Crippen LogP contribution is -2.39. The van der Waals surface area contributed by atoms with E-state index in [1.807, 2.05) is 0 Å². The van der Waals surface area contributed by atoms with Gasteiger partial charge in [-0.1, -0.05) is 12.1 Å². The Morgan fingerprint density at radius 3 is 2.64 bits per heavy atom. The van der Waals surface area contributed by atoms with Crippen LogP contribution in [0.25, 0.3) is 11.4 Å². The molecule has 11 heteroatoms. The number of nitrogens with one attached hydrogen (secondary N) is 2. The molecule has 0 unspecified atom stereocenters. The van der Waals surface area contributed by atoms with Gasteiger partial charge in [0.25, 0.3) is 5.91 Å². The number of nitrogens with zero attached hydrogens (tertiary/aromatic N) is 5. The molecule has 10 nitrogen and oxygen atoms in total. The molecule has 0 aliphatic heterocycles. The Labute approximate surface area is 208 Å². The van der Waals surface area contributed by atoms with Gasteiger partial charge in [0, 0.05) is 23.8 Å². The average Bonchev–Trinajstić information content (AvgIpc) is 3.34. The Balaban J connectivity index is 1.36. The SMILES string of the molecule is Cc1cc(-c2nnn(CC3CCC(NC(=O)CO)CC3)n2)cc(C(=O)NCc2ccc(F)c(C)c2)n1. The van der Waals surface area contributed by atoms with Gasteiger partial charge in [-0.25, -0.2) is 9.37 Å². The number of amides is 2. The van der Waals surface area contributed by atoms with Gasteiger partial charge in [-0.15, -0.1) is 10.2 Å². The van der Waals surface area contributed by atoms with E-state index in [0.717, 1.165) is 31.2 Å². The predicted molar refractivity (Wildman–Crippen MR) is 129 cm³/mol. The Hall–Kier alpha value is -3.73. The van der Waals surface area contributed by atoms with E-state index in [0.29, 0.717) is 35.1 Å². The first-order valence-corrected chi connectivity index (χ1v) is 12.0. The summed E-state index contributed by atoms with van der Waals surface area (Å²) in [7, 11) is 0. The second kappa shape index (κ2) is 11.3. The van der Waals surface area contributed by atoms with Crippen molar-refractivity contribution in [1.29, 1.82) is 0 Å². The van der Waals surface area contributed by atoms with E-state index >= 15 is 0 Å². The molecule has 1 aromatic carbocycles. The Bertz CT molecular complexity index is 1240. The molecule has 2 heterocycles. The van der Waals surface area contributed by atoms with Crippen LogP contribution in [0.4, 0.5) is 4.39 Å². The summed E-state index contributed by atoms with van der Waals surface area (Å²) in [5, 5.41) is 27.4. The lowest BCUT2D eigenvalue weighted by Gasteiger charge is -2.28. The Kier molecular flexibility index (Phi) is 7.99. The van der Waals surface area contributed by atoms with Crippen LogP contribution in [0.5, 0.6) is 0 Å². The summed E-state index contributed by atoms with van der Waals surface area (Å²) in [4.78, 5) is 30.0. The number of carbonyl (C=O) groups is 2. The third-order valence-corrected chi connectivity index (χ3v) is 6.35. The molecule has 2 aromatic heterocycles. The van der Waals surface area contributed by atoms with Crippen LogP contribution < -0.4 is 10.6 Å². The maximum Gasteiger partial charge on any atom is 0.270 e. The van der Waals surface area contributed by atoms with Gasteiger partial charge < -0.3 is 15.7 Å². The number of pyridine rings is 1. The molecule has 1 aliphatic rings. The molecule has 0 atom stereocenters. The van der Waals surface area contributed by atoms with Crippen LogP contribution in [0.3, 0.4) is 0 Å². The number of aliphatic hydroxyl groups excluding tert-OH is 1. The van der Waals surface area contributed by atoms with Crippen LogP contribution in [-0.4, -0.2) is 54.8 Å². The number of hydrogen-bond donors (Lipinski definition) is 3. The van der Waals surface area contributed by atoms with Crippen molar-refractivity contribution in [1.82, 2.24) is 35.8 Å². The third kappa shape index (κ3) is 6.48. The summed E-state index contributed by atoms with van der Waals surface area (Å²) in [6.45, 7) is 3.85. The highest BCUT2D eigenvalue weighted by Gasteiger charge is 2.23. The van der Waals surface area contributed by atoms with Crippen LogP contribution in [0, 0.1) is 25.6 Å². The van der Waals surface area contributed by atoms with Crippen LogP contribution >= 0.6 is 0 Å². The minimum atomic E-state index is -0.489. The van der Waals surface area contributed by atoms with Crippen LogP contribution in [-0.2, 0) is 17.9 Å². The van der Waals surface area contributed by atoms with Crippen LogP contribution in [0.1, 0.15) is 53.0 Å². The summed E-state index contributed by atoms with van der Waals surface area (Å²) >= 11 is 0. The predicted octanol–water partition coefficient (Wildman–Crippen LogP) is 2.09. The highest BCUT2D eigenvalue weighted by Crippen LogP contribution is 2.26. The van der Waals surface area contributed by atoms with Gasteiger partial charge >= 0.3 is 0 Å². The summed E-state index contributed by atoms with van der Waals surface area (Å²) < 4.78 is 13.5. The van der Waals surface area contributed by atoms with Crippen molar-refractivity contribution >= 4 is 11.8 Å². The fraction of sp³-hybridized carbons (Fsp3) is 0.440. The van der Waals surface area contributed by atoms with Crippen molar-refractivity contribution in [3.63, 3.8) is 0 Å². The lowest BCUT2D eigenvalue weighted by atomic mass is 9.86. The maximum atomic E-state index is 13.5. The normalized spacial score (nSPS) is 17.6. The van der Waals surface area contributed by atoms with E-state index in [9.17, 15) is 14.0 Å². The lowest BCUT2D eigenvalue weighted by molar-refractivity contribution is -0.124. The summed E-state index contributed by atoms with van der Waals surface area (Å²) in [5.74, 6) is -0.195. The van der Waals surface area contributed by atoms with E-state index in [1.165, 1.54) is 6.07 Å². The highest BCUT2D eigenvalue weighted by atomic mass is 19.1. The van der Waals surface area contributed by atoms with E-state index in [-0.39, 0.29) is 35.9 Å². The number of aromatic nitrogens is 5. The highest BCUT2D eigenvalue weighted by molar-refractivity contribution is 5.93. The monoisotopic (exact) mass is 495 g/mol. The first kappa shape index (κ1) is 25.4. The zero-order valence-electron chi connectivity index (χ0n) is 20.4. The van der Waals surface area contributed by atoms with Gasteiger partial charge in [-0.2, -0.15) is 4.80 Å². The average molecular weight is 496 g/mol. The van der Waals surface area contributed by atoms with E-state index in [4.69, 9.17) is 5.11 Å². The molecule has 4 rings (SSSR count). The van der Waals surface area contributed by atoms with E-state index in [2.05, 4.69) is 31.0 Å². The van der Waals surface area contributed by atoms with Crippen molar-refractivity contribution in [3.05, 3.63) is 58.7 Å². The molecular weight excluding hydrogens is 465 g/mol. The van der Waals surface area contributed by atoms with Gasteiger partial charge in [-0.05, 0) is 80.0 Å². The smallest absolute Gasteiger partial charge is 0.270 e. The minimum Gasteiger partial charge on any atom is -0.387 e. The number of hydrogen-bond acceptors (Lipinski definition) is 7. The fourth-order valence-electron chi connectivity index (χ4n) is 4.43. The first-order chi connectivity index (χ1) is 17.3. The summed E-state index contributed by atoms with van der Waals surface area (Å²) in [6, 6.07) is 8.25.